The number of anilines is 1. The zero-order valence-corrected chi connectivity index (χ0v) is 12.5. The third-order valence-corrected chi connectivity index (χ3v) is 3.80. The lowest BCUT2D eigenvalue weighted by Gasteiger charge is -2.24. The van der Waals surface area contributed by atoms with E-state index < -0.39 is 0 Å². The maximum absolute atomic E-state index is 5.80. The lowest BCUT2D eigenvalue weighted by atomic mass is 10.1. The lowest BCUT2D eigenvalue weighted by Crippen LogP contribution is -2.23. The van der Waals surface area contributed by atoms with Crippen molar-refractivity contribution in [2.75, 3.05) is 18.5 Å². The maximum atomic E-state index is 5.80. The van der Waals surface area contributed by atoms with Crippen molar-refractivity contribution in [3.05, 3.63) is 28.2 Å². The first-order valence-electron chi connectivity index (χ1n) is 5.64. The normalized spacial score (nSPS) is 12.6. The fourth-order valence-electron chi connectivity index (χ4n) is 1.64. The van der Waals surface area contributed by atoms with E-state index in [-0.39, 0.29) is 0 Å². The first-order valence-corrected chi connectivity index (χ1v) is 6.96. The minimum absolute atomic E-state index is 0.563. The predicted octanol–water partition coefficient (Wildman–Crippen LogP) is 4.67. The summed E-state index contributed by atoms with van der Waals surface area (Å²) in [6.07, 6.45) is 1.21. The Labute approximate surface area is 112 Å². The van der Waals surface area contributed by atoms with Gasteiger partial charge in [-0.3, -0.25) is 0 Å². The monoisotopic (exact) mass is 303 g/mol. The lowest BCUT2D eigenvalue weighted by molar-refractivity contribution is 0.559. The predicted molar refractivity (Wildman–Crippen MR) is 76.4 cm³/mol. The van der Waals surface area contributed by atoms with Gasteiger partial charge in [-0.2, -0.15) is 0 Å². The summed E-state index contributed by atoms with van der Waals surface area (Å²) in [5.74, 6) is 1.28. The Bertz CT molecular complexity index is 341. The van der Waals surface area contributed by atoms with Gasteiger partial charge < -0.3 is 4.90 Å². The highest BCUT2D eigenvalue weighted by Gasteiger charge is 2.09. The number of benzene rings is 1. The molecular weight excluding hydrogens is 286 g/mol. The van der Waals surface area contributed by atoms with Gasteiger partial charge in [-0.05, 0) is 39.5 Å². The molecule has 1 rings (SSSR count). The van der Waals surface area contributed by atoms with Crippen LogP contribution >= 0.6 is 27.5 Å². The van der Waals surface area contributed by atoms with Crippen LogP contribution in [0.2, 0.25) is 0 Å². The highest BCUT2D eigenvalue weighted by molar-refractivity contribution is 9.10. The molecule has 0 bridgehead atoms. The van der Waals surface area contributed by atoms with Crippen LogP contribution in [0.5, 0.6) is 0 Å². The Morgan fingerprint density at radius 1 is 1.44 bits per heavy atom. The van der Waals surface area contributed by atoms with Crippen LogP contribution in [0.15, 0.2) is 22.7 Å². The van der Waals surface area contributed by atoms with Crippen molar-refractivity contribution in [3.63, 3.8) is 0 Å². The second-order valence-corrected chi connectivity index (χ2v) is 5.43. The summed E-state index contributed by atoms with van der Waals surface area (Å²) in [5, 5.41) is 0. The smallest absolute Gasteiger partial charge is 0.0508 e. The van der Waals surface area contributed by atoms with Gasteiger partial charge >= 0.3 is 0 Å². The fraction of sp³-hybridized carbons (Fsp3) is 0.538. The van der Waals surface area contributed by atoms with Gasteiger partial charge in [0.15, 0.2) is 0 Å². The van der Waals surface area contributed by atoms with Crippen LogP contribution in [0, 0.1) is 5.92 Å². The highest BCUT2D eigenvalue weighted by atomic mass is 79.9. The summed E-state index contributed by atoms with van der Waals surface area (Å²) in [5.41, 5.74) is 2.38. The standard InChI is InChI=1S/C13H19BrClN/c1-4-10(2)9-16(3)13-6-5-11(8-15)7-12(13)14/h5-7,10H,4,8-9H2,1-3H3. The summed E-state index contributed by atoms with van der Waals surface area (Å²) < 4.78 is 1.12. The molecule has 0 aliphatic heterocycles. The third-order valence-electron chi connectivity index (χ3n) is 2.86. The van der Waals surface area contributed by atoms with E-state index in [0.717, 1.165) is 16.6 Å². The second-order valence-electron chi connectivity index (χ2n) is 4.31. The van der Waals surface area contributed by atoms with E-state index in [0.29, 0.717) is 11.8 Å². The Hall–Kier alpha value is -0.210. The number of hydrogen-bond donors (Lipinski definition) is 0. The van der Waals surface area contributed by atoms with Crippen LogP contribution in [0.25, 0.3) is 0 Å². The van der Waals surface area contributed by atoms with E-state index in [1.165, 1.54) is 12.1 Å². The summed E-state index contributed by atoms with van der Waals surface area (Å²) in [6.45, 7) is 5.58. The Morgan fingerprint density at radius 3 is 2.62 bits per heavy atom. The largest absolute Gasteiger partial charge is 0.373 e. The molecule has 0 amide bonds. The van der Waals surface area contributed by atoms with Gasteiger partial charge in [0.25, 0.3) is 0 Å². The van der Waals surface area contributed by atoms with Gasteiger partial charge in [0, 0.05) is 23.9 Å². The third kappa shape index (κ3) is 3.67. The zero-order valence-electron chi connectivity index (χ0n) is 10.1. The SMILES string of the molecule is CCC(C)CN(C)c1ccc(CCl)cc1Br. The topological polar surface area (TPSA) is 3.24 Å². The number of rotatable bonds is 5. The molecular formula is C13H19BrClN. The molecule has 0 saturated heterocycles. The Morgan fingerprint density at radius 2 is 2.12 bits per heavy atom. The summed E-state index contributed by atoms with van der Waals surface area (Å²) in [4.78, 5) is 2.29. The highest BCUT2D eigenvalue weighted by Crippen LogP contribution is 2.27. The molecule has 1 aromatic rings. The molecule has 0 fully saturated rings. The van der Waals surface area contributed by atoms with Crippen LogP contribution < -0.4 is 4.90 Å². The van der Waals surface area contributed by atoms with Gasteiger partial charge in [-0.15, -0.1) is 11.6 Å². The molecule has 0 saturated carbocycles. The van der Waals surface area contributed by atoms with Crippen LogP contribution in [-0.4, -0.2) is 13.6 Å². The van der Waals surface area contributed by atoms with Gasteiger partial charge in [0.05, 0.1) is 5.69 Å². The Balaban J connectivity index is 2.79. The number of halogens is 2. The van der Waals surface area contributed by atoms with Crippen molar-refractivity contribution in [1.29, 1.82) is 0 Å². The molecule has 0 heterocycles. The van der Waals surface area contributed by atoms with Crippen molar-refractivity contribution >= 4 is 33.2 Å². The molecule has 3 heteroatoms. The van der Waals surface area contributed by atoms with Crippen molar-refractivity contribution in [3.8, 4) is 0 Å². The molecule has 1 unspecified atom stereocenters. The van der Waals surface area contributed by atoms with E-state index in [4.69, 9.17) is 11.6 Å². The molecule has 0 aromatic heterocycles. The summed E-state index contributed by atoms with van der Waals surface area (Å²) in [7, 11) is 2.13. The molecule has 0 aliphatic rings. The molecule has 16 heavy (non-hydrogen) atoms. The first-order chi connectivity index (χ1) is 7.58. The van der Waals surface area contributed by atoms with Crippen molar-refractivity contribution < 1.29 is 0 Å². The van der Waals surface area contributed by atoms with E-state index in [1.54, 1.807) is 0 Å². The molecule has 0 aliphatic carbocycles. The molecule has 1 nitrogen and oxygen atoms in total. The molecule has 0 radical (unpaired) electrons. The van der Waals surface area contributed by atoms with Crippen LogP contribution in [-0.2, 0) is 5.88 Å². The number of alkyl halides is 1. The minimum Gasteiger partial charge on any atom is -0.373 e. The first kappa shape index (κ1) is 13.9. The van der Waals surface area contributed by atoms with Gasteiger partial charge in [0.2, 0.25) is 0 Å². The maximum Gasteiger partial charge on any atom is 0.0508 e. The number of hydrogen-bond acceptors (Lipinski definition) is 1. The molecule has 1 aromatic carbocycles. The van der Waals surface area contributed by atoms with Gasteiger partial charge in [-0.25, -0.2) is 0 Å². The average Bonchev–Trinajstić information content (AvgIpc) is 2.28. The van der Waals surface area contributed by atoms with Gasteiger partial charge in [0.1, 0.15) is 0 Å². The fourth-order valence-corrected chi connectivity index (χ4v) is 2.53. The Kier molecular flexibility index (Phi) is 5.63. The van der Waals surface area contributed by atoms with Crippen molar-refractivity contribution in [2.24, 2.45) is 5.92 Å². The van der Waals surface area contributed by atoms with Crippen LogP contribution in [0.3, 0.4) is 0 Å². The number of nitrogens with zero attached hydrogens (tertiary/aromatic N) is 1. The quantitative estimate of drug-likeness (QED) is 0.715. The molecule has 0 spiro atoms. The van der Waals surface area contributed by atoms with Crippen molar-refractivity contribution in [2.45, 2.75) is 26.1 Å². The van der Waals surface area contributed by atoms with Gasteiger partial charge in [-0.1, -0.05) is 26.3 Å². The van der Waals surface area contributed by atoms with E-state index in [9.17, 15) is 0 Å². The average molecular weight is 305 g/mol. The molecule has 1 atom stereocenters. The zero-order chi connectivity index (χ0) is 12.1. The van der Waals surface area contributed by atoms with E-state index in [1.807, 2.05) is 0 Å². The molecule has 0 N–H and O–H groups in total. The second kappa shape index (κ2) is 6.51. The molecule has 90 valence electrons. The summed E-state index contributed by atoms with van der Waals surface area (Å²) >= 11 is 9.40. The van der Waals surface area contributed by atoms with Crippen LogP contribution in [0.4, 0.5) is 5.69 Å². The summed E-state index contributed by atoms with van der Waals surface area (Å²) in [6, 6.07) is 6.31. The van der Waals surface area contributed by atoms with Crippen LogP contribution in [0.1, 0.15) is 25.8 Å². The van der Waals surface area contributed by atoms with Crippen molar-refractivity contribution in [1.82, 2.24) is 0 Å². The van der Waals surface area contributed by atoms with E-state index in [2.05, 4.69) is 59.9 Å². The minimum atomic E-state index is 0.563. The van der Waals surface area contributed by atoms with E-state index >= 15 is 0 Å².